The largest absolute Gasteiger partial charge is 0.481 e. The maximum absolute atomic E-state index is 15.6. The van der Waals surface area contributed by atoms with Crippen LogP contribution >= 0.6 is 11.6 Å². The molecule has 34 nitrogen and oxygen atoms in total. The third kappa shape index (κ3) is 31.6. The molecule has 0 saturated carbocycles. The number of hydrogen-bond acceptors (Lipinski definition) is 19. The Hall–Kier alpha value is -11.9. The van der Waals surface area contributed by atoms with Gasteiger partial charge in [-0.15, -0.1) is 0 Å². The van der Waals surface area contributed by atoms with Gasteiger partial charge in [0.25, 0.3) is 0 Å². The summed E-state index contributed by atoms with van der Waals surface area (Å²) in [5.74, 6) is -12.8. The number of nitrogens with one attached hydrogen (secondary N) is 11. The molecule has 2 aliphatic rings. The summed E-state index contributed by atoms with van der Waals surface area (Å²) in [7, 11) is 0. The van der Waals surface area contributed by atoms with Gasteiger partial charge in [0, 0.05) is 83.1 Å². The molecule has 0 bridgehead atoms. The molecular weight excluding hydrogens is 1580 g/mol. The third-order valence-electron chi connectivity index (χ3n) is 20.7. The van der Waals surface area contributed by atoms with Crippen LogP contribution in [-0.2, 0) is 112 Å². The molecule has 0 aliphatic carbocycles. The predicted molar refractivity (Wildman–Crippen MR) is 449 cm³/mol. The van der Waals surface area contributed by atoms with Gasteiger partial charge in [-0.25, -0.2) is 0 Å². The second-order valence-electron chi connectivity index (χ2n) is 30.8. The molecule has 6 aromatic rings. The molecule has 10 amide bonds. The number of aliphatic hydroxyl groups excluding tert-OH is 1. The molecule has 0 radical (unpaired) electrons. The Kier molecular flexibility index (Phi) is 37.3. The zero-order chi connectivity index (χ0) is 87.7. The van der Waals surface area contributed by atoms with Crippen molar-refractivity contribution in [2.45, 2.75) is 171 Å². The minimum absolute atomic E-state index is 0.0104. The minimum atomic E-state index is -1.87. The van der Waals surface area contributed by atoms with Crippen molar-refractivity contribution < 1.29 is 87.5 Å². The minimum Gasteiger partial charge on any atom is -0.481 e. The molecule has 2 fully saturated rings. The quantitative estimate of drug-likeness (QED) is 0.0145. The lowest BCUT2D eigenvalue weighted by atomic mass is 9.98. The van der Waals surface area contributed by atoms with Crippen LogP contribution in [0.1, 0.15) is 105 Å². The highest BCUT2D eigenvalue weighted by atomic mass is 35.5. The van der Waals surface area contributed by atoms with Crippen molar-refractivity contribution >= 4 is 105 Å². The van der Waals surface area contributed by atoms with E-state index in [1.165, 1.54) is 11.8 Å². The number of carboxylic acids is 3. The van der Waals surface area contributed by atoms with Crippen molar-refractivity contribution in [3.8, 4) is 0 Å². The maximum Gasteiger partial charge on any atom is 0.317 e. The Morgan fingerprint density at radius 3 is 1.47 bits per heavy atom. The summed E-state index contributed by atoms with van der Waals surface area (Å²) < 4.78 is 5.56. The van der Waals surface area contributed by atoms with Crippen molar-refractivity contribution in [1.82, 2.24) is 67.9 Å². The van der Waals surface area contributed by atoms with Crippen LogP contribution in [0, 0.1) is 11.3 Å². The van der Waals surface area contributed by atoms with E-state index in [0.29, 0.717) is 77.7 Å². The number of ether oxygens (including phenoxy) is 1. The molecule has 650 valence electrons. The number of primary amides is 1. The molecule has 2 heterocycles. The van der Waals surface area contributed by atoms with Crippen molar-refractivity contribution in [2.24, 2.45) is 17.4 Å². The van der Waals surface area contributed by atoms with Crippen molar-refractivity contribution in [2.75, 3.05) is 65.6 Å². The Bertz CT molecular complexity index is 4520. The summed E-state index contributed by atoms with van der Waals surface area (Å²) in [5.41, 5.74) is 15.2. The van der Waals surface area contributed by atoms with Gasteiger partial charge in [-0.1, -0.05) is 159 Å². The SMILES string of the molecule is CC(C)C[C@H](NC(=O)[C@@H](Cc1ccc(CN(CCC(=O)O)CCC(=O)O)cc1)NC(=O)[C@H](Cc1ccc(CN2CCOCC2)cc1)NC(=O)[C@H](CO)NC(=O)[C@@H](Cc1ccccc1)NC(=O)[C@@H](Cc1ccc(Cl)cc1)NC(=O)[C@@H](Cc1ccc2ccccc2c1)NCC(=O)O)C(=O)N[C@@H](CCCNC(=N)N)C(=O)N1CCC[C@H]1C(=O)N[C@H](C)C(N)=O. The van der Waals surface area contributed by atoms with Crippen LogP contribution in [0.2, 0.25) is 5.02 Å². The van der Waals surface area contributed by atoms with E-state index in [1.54, 1.807) is 116 Å². The molecule has 19 N–H and O–H groups in total. The Labute approximate surface area is 706 Å². The first kappa shape index (κ1) is 94.5. The molecule has 0 unspecified atom stereocenters. The van der Waals surface area contributed by atoms with E-state index >= 15 is 28.8 Å². The molecule has 10 atom stereocenters. The van der Waals surface area contributed by atoms with Gasteiger partial charge in [0.05, 0.1) is 45.2 Å². The van der Waals surface area contributed by atoms with Gasteiger partial charge >= 0.3 is 17.9 Å². The molecule has 0 aromatic heterocycles. The summed E-state index contributed by atoms with van der Waals surface area (Å²) in [5, 5.41) is 77.2. The van der Waals surface area contributed by atoms with E-state index < -0.39 is 151 Å². The van der Waals surface area contributed by atoms with Crippen molar-refractivity contribution in [3.63, 3.8) is 0 Å². The molecule has 2 aliphatic heterocycles. The van der Waals surface area contributed by atoms with E-state index in [0.717, 1.165) is 16.3 Å². The van der Waals surface area contributed by atoms with Crippen LogP contribution in [0.3, 0.4) is 0 Å². The lowest BCUT2D eigenvalue weighted by molar-refractivity contribution is -0.142. The van der Waals surface area contributed by atoms with Crippen LogP contribution in [0.15, 0.2) is 146 Å². The summed E-state index contributed by atoms with van der Waals surface area (Å²) in [6, 6.07) is 27.5. The van der Waals surface area contributed by atoms with Gasteiger partial charge in [0.1, 0.15) is 54.4 Å². The highest BCUT2D eigenvalue weighted by Crippen LogP contribution is 2.23. The van der Waals surface area contributed by atoms with E-state index in [1.807, 2.05) is 48.5 Å². The number of carbonyl (C=O) groups excluding carboxylic acids is 10. The monoisotopic (exact) mass is 1690 g/mol. The molecular formula is C86H111ClN16O18. The zero-order valence-electron chi connectivity index (χ0n) is 68.1. The van der Waals surface area contributed by atoms with Gasteiger partial charge in [0.15, 0.2) is 5.96 Å². The fraction of sp³-hybridized carbons (Fsp3) is 0.442. The van der Waals surface area contributed by atoms with Gasteiger partial charge in [-0.05, 0) is 113 Å². The number of amides is 10. The van der Waals surface area contributed by atoms with E-state index in [2.05, 4.69) is 58.1 Å². The number of fused-ring (bicyclic) bond motifs is 1. The Balaban J connectivity index is 1.11. The Morgan fingerprint density at radius 1 is 0.512 bits per heavy atom. The number of aliphatic hydroxyl groups is 1. The lowest BCUT2D eigenvalue weighted by Gasteiger charge is -2.31. The molecule has 35 heteroatoms. The number of carbonyl (C=O) groups is 13. The average Bonchev–Trinajstić information content (AvgIpc) is 1.78. The molecule has 0 spiro atoms. The molecule has 8 rings (SSSR count). The third-order valence-corrected chi connectivity index (χ3v) is 21.0. The van der Waals surface area contributed by atoms with Crippen molar-refractivity contribution in [1.29, 1.82) is 5.41 Å². The molecule has 2 saturated heterocycles. The number of guanidine groups is 1. The smallest absolute Gasteiger partial charge is 0.317 e. The first-order chi connectivity index (χ1) is 57.9. The predicted octanol–water partition coefficient (Wildman–Crippen LogP) is 1.31. The number of nitrogens with zero attached hydrogens (tertiary/aromatic N) is 3. The summed E-state index contributed by atoms with van der Waals surface area (Å²) >= 11 is 6.29. The van der Waals surface area contributed by atoms with Crippen LogP contribution in [-0.4, -0.2) is 244 Å². The first-order valence-corrected chi connectivity index (χ1v) is 40.8. The van der Waals surface area contributed by atoms with Gasteiger partial charge < -0.3 is 89.4 Å². The van der Waals surface area contributed by atoms with Crippen molar-refractivity contribution in [3.05, 3.63) is 190 Å². The summed E-state index contributed by atoms with van der Waals surface area (Å²) in [4.78, 5) is 187. The first-order valence-electron chi connectivity index (χ1n) is 40.4. The molecule has 6 aromatic carbocycles. The standard InChI is InChI=1S/C86H111ClN16O18/c1-52(2)41-66(78(113)94-64(15-9-33-91-86(89)90)85(120)103-34-10-16-72(103)84(119)93-53(3)76(88)111)95-79(114)69(44-55-17-21-58(22-18-55)49-101(35-31-73(105)106)36-32-74(107)108)98-81(116)70(45-56-19-23-59(24-20-56)50-102-37-39-121-40-38-102)99-83(118)71(51-104)100-82(117)67(43-54-11-5-4-6-12-54)97-80(115)68(46-57-26-29-63(87)30-27-57)96-77(112)65(92-48-75(109)110)47-60-25-28-61-13-7-8-14-62(61)42-60/h4-8,11-14,17-30,42,52-53,64-72,92,104H,9-10,15-16,31-41,43-51H2,1-3H3,(H2,88,111)(H,93,119)(H,94,113)(H,95,114)(H,96,112)(H,97,115)(H,98,116)(H,99,118)(H,100,117)(H,105,106)(H,107,108)(H,109,110)(H4,89,90,91)/t53-,64+,65-,66+,67-,68-,69-,70+,71+,72+/m1/s1. The summed E-state index contributed by atoms with van der Waals surface area (Å²) in [6.45, 7) is 6.55. The normalized spacial score (nSPS) is 15.7. The van der Waals surface area contributed by atoms with E-state index in [4.69, 9.17) is 33.2 Å². The number of hydrogen-bond donors (Lipinski definition) is 17. The summed E-state index contributed by atoms with van der Waals surface area (Å²) in [6.07, 6.45) is -0.921. The number of rotatable bonds is 48. The zero-order valence-corrected chi connectivity index (χ0v) is 68.8. The number of likely N-dealkylation sites (tertiary alicyclic amines) is 1. The topological polar surface area (TPSA) is 518 Å². The van der Waals surface area contributed by atoms with Crippen LogP contribution < -0.4 is 64.6 Å². The Morgan fingerprint density at radius 2 is 0.959 bits per heavy atom. The van der Waals surface area contributed by atoms with Crippen LogP contribution in [0.5, 0.6) is 0 Å². The fourth-order valence-electron chi connectivity index (χ4n) is 14.2. The second-order valence-corrected chi connectivity index (χ2v) is 31.2. The van der Waals surface area contributed by atoms with E-state index in [9.17, 15) is 54.0 Å². The van der Waals surface area contributed by atoms with Crippen LogP contribution in [0.25, 0.3) is 10.8 Å². The van der Waals surface area contributed by atoms with Gasteiger partial charge in [-0.2, -0.15) is 0 Å². The highest BCUT2D eigenvalue weighted by Gasteiger charge is 2.41. The highest BCUT2D eigenvalue weighted by molar-refractivity contribution is 6.30. The fourth-order valence-corrected chi connectivity index (χ4v) is 14.3. The maximum atomic E-state index is 15.6. The number of morpholine rings is 1. The molecule has 121 heavy (non-hydrogen) atoms. The van der Waals surface area contributed by atoms with Crippen LogP contribution in [0.4, 0.5) is 0 Å². The second kappa shape index (κ2) is 47.7. The van der Waals surface area contributed by atoms with Gasteiger partial charge in [-0.3, -0.25) is 82.9 Å². The van der Waals surface area contributed by atoms with Gasteiger partial charge in [0.2, 0.25) is 59.1 Å². The number of halogens is 1. The lowest BCUT2D eigenvalue weighted by Crippen LogP contribution is -2.62. The number of nitrogens with two attached hydrogens (primary N) is 2. The van der Waals surface area contributed by atoms with E-state index in [-0.39, 0.29) is 115 Å². The number of benzene rings is 6. The number of carboxylic acid groups (broad SMARTS) is 3. The average molecular weight is 1690 g/mol. The number of aliphatic carboxylic acids is 3.